The lowest BCUT2D eigenvalue weighted by Gasteiger charge is -2.34. The summed E-state index contributed by atoms with van der Waals surface area (Å²) in [6.07, 6.45) is 4.22. The number of carbonyl (C=O) groups is 1. The average molecular weight is 459 g/mol. The van der Waals surface area contributed by atoms with Crippen LogP contribution in [0.5, 0.6) is 11.5 Å². The first-order valence-corrected chi connectivity index (χ1v) is 12.4. The van der Waals surface area contributed by atoms with Crippen LogP contribution >= 0.6 is 0 Å². The summed E-state index contributed by atoms with van der Waals surface area (Å²) in [5.74, 6) is 1.01. The summed E-state index contributed by atoms with van der Waals surface area (Å²) in [6.45, 7) is 3.08. The fraction of sp³-hybridized carbons (Fsp3) is 0.458. The van der Waals surface area contributed by atoms with Gasteiger partial charge in [-0.25, -0.2) is 8.42 Å². The van der Waals surface area contributed by atoms with Crippen LogP contribution in [0.25, 0.3) is 0 Å². The standard InChI is InChI=1S/C24H30N2O5S/c1-17-22(30-2)15-20(16-23(17)31-3)24(27)25-10-12-26(13-11-25)32(28,29)21-9-8-18-6-4-5-7-19(18)14-21/h8-9,14-16H,4-7,10-13H2,1-3H3. The first kappa shape index (κ1) is 22.6. The van der Waals surface area contributed by atoms with Crippen molar-refractivity contribution < 1.29 is 22.7 Å². The van der Waals surface area contributed by atoms with E-state index in [1.807, 2.05) is 19.1 Å². The number of ether oxygens (including phenoxy) is 2. The molecular weight excluding hydrogens is 428 g/mol. The predicted molar refractivity (Wildman–Crippen MR) is 122 cm³/mol. The molecule has 1 saturated heterocycles. The van der Waals surface area contributed by atoms with E-state index in [2.05, 4.69) is 0 Å². The molecule has 0 unspecified atom stereocenters. The van der Waals surface area contributed by atoms with Gasteiger partial charge in [0.25, 0.3) is 5.91 Å². The summed E-state index contributed by atoms with van der Waals surface area (Å²) in [6, 6.07) is 8.93. The van der Waals surface area contributed by atoms with Crippen LogP contribution in [0.1, 0.15) is 39.9 Å². The Labute approximate surface area is 190 Å². The van der Waals surface area contributed by atoms with Crippen molar-refractivity contribution in [2.45, 2.75) is 37.5 Å². The lowest BCUT2D eigenvalue weighted by atomic mass is 9.92. The number of sulfonamides is 1. The van der Waals surface area contributed by atoms with E-state index in [-0.39, 0.29) is 19.0 Å². The molecule has 2 aromatic rings. The van der Waals surface area contributed by atoms with Crippen molar-refractivity contribution >= 4 is 15.9 Å². The van der Waals surface area contributed by atoms with Crippen LogP contribution in [0.2, 0.25) is 0 Å². The van der Waals surface area contributed by atoms with Crippen LogP contribution < -0.4 is 9.47 Å². The first-order valence-electron chi connectivity index (χ1n) is 11.0. The van der Waals surface area contributed by atoms with Crippen LogP contribution in [-0.2, 0) is 22.9 Å². The molecule has 1 aliphatic heterocycles. The minimum atomic E-state index is -3.58. The summed E-state index contributed by atoms with van der Waals surface area (Å²) >= 11 is 0. The number of nitrogens with zero attached hydrogens (tertiary/aromatic N) is 2. The predicted octanol–water partition coefficient (Wildman–Crippen LogP) is 3.04. The summed E-state index contributed by atoms with van der Waals surface area (Å²) in [7, 11) is -0.469. The monoisotopic (exact) mass is 458 g/mol. The van der Waals surface area contributed by atoms with Gasteiger partial charge in [0.15, 0.2) is 0 Å². The number of methoxy groups -OCH3 is 2. The van der Waals surface area contributed by atoms with Gasteiger partial charge in [0, 0.05) is 37.3 Å². The van der Waals surface area contributed by atoms with Gasteiger partial charge >= 0.3 is 0 Å². The number of rotatable bonds is 5. The molecule has 172 valence electrons. The number of aryl methyl sites for hydroxylation is 2. The van der Waals surface area contributed by atoms with E-state index < -0.39 is 10.0 Å². The highest BCUT2D eigenvalue weighted by Gasteiger charge is 2.31. The molecule has 0 radical (unpaired) electrons. The molecule has 2 aromatic carbocycles. The molecule has 0 atom stereocenters. The zero-order valence-corrected chi connectivity index (χ0v) is 19.7. The second-order valence-corrected chi connectivity index (χ2v) is 10.3. The van der Waals surface area contributed by atoms with Crippen LogP contribution in [0.15, 0.2) is 35.2 Å². The minimum Gasteiger partial charge on any atom is -0.496 e. The van der Waals surface area contributed by atoms with Gasteiger partial charge in [-0.2, -0.15) is 4.31 Å². The molecule has 32 heavy (non-hydrogen) atoms. The second kappa shape index (κ2) is 9.11. The Morgan fingerprint density at radius 3 is 2.06 bits per heavy atom. The van der Waals surface area contributed by atoms with Crippen LogP contribution in [0.3, 0.4) is 0 Å². The summed E-state index contributed by atoms with van der Waals surface area (Å²) in [4.78, 5) is 15.1. The van der Waals surface area contributed by atoms with E-state index in [1.165, 1.54) is 9.87 Å². The zero-order chi connectivity index (χ0) is 22.9. The van der Waals surface area contributed by atoms with E-state index in [9.17, 15) is 13.2 Å². The molecule has 0 spiro atoms. The SMILES string of the molecule is COc1cc(C(=O)N2CCN(S(=O)(=O)c3ccc4c(c3)CCCC4)CC2)cc(OC)c1C. The zero-order valence-electron chi connectivity index (χ0n) is 18.9. The van der Waals surface area contributed by atoms with Crippen LogP contribution in [0.4, 0.5) is 0 Å². The normalized spacial score (nSPS) is 17.0. The van der Waals surface area contributed by atoms with Gasteiger partial charge in [-0.3, -0.25) is 4.79 Å². The number of carbonyl (C=O) groups excluding carboxylic acids is 1. The Morgan fingerprint density at radius 2 is 1.47 bits per heavy atom. The average Bonchev–Trinajstić information content (AvgIpc) is 2.83. The molecule has 1 fully saturated rings. The van der Waals surface area contributed by atoms with Crippen molar-refractivity contribution in [3.63, 3.8) is 0 Å². The molecule has 1 amide bonds. The van der Waals surface area contributed by atoms with Gasteiger partial charge in [0.1, 0.15) is 11.5 Å². The highest BCUT2D eigenvalue weighted by Crippen LogP contribution is 2.31. The molecule has 4 rings (SSSR count). The van der Waals surface area contributed by atoms with Gasteiger partial charge in [-0.1, -0.05) is 6.07 Å². The van der Waals surface area contributed by atoms with Crippen LogP contribution in [0, 0.1) is 6.92 Å². The summed E-state index contributed by atoms with van der Waals surface area (Å²) in [5.41, 5.74) is 3.70. The molecular formula is C24H30N2O5S. The third kappa shape index (κ3) is 4.21. The molecule has 0 aromatic heterocycles. The van der Waals surface area contributed by atoms with Crippen molar-refractivity contribution in [1.82, 2.24) is 9.21 Å². The molecule has 0 bridgehead atoms. The van der Waals surface area contributed by atoms with Crippen molar-refractivity contribution in [2.75, 3.05) is 40.4 Å². The Kier molecular flexibility index (Phi) is 6.44. The number of benzene rings is 2. The van der Waals surface area contributed by atoms with E-state index >= 15 is 0 Å². The largest absolute Gasteiger partial charge is 0.496 e. The Bertz CT molecular complexity index is 1100. The summed E-state index contributed by atoms with van der Waals surface area (Å²) < 4.78 is 38.7. The van der Waals surface area contributed by atoms with Gasteiger partial charge in [0.2, 0.25) is 10.0 Å². The van der Waals surface area contributed by atoms with Crippen molar-refractivity contribution in [3.8, 4) is 11.5 Å². The minimum absolute atomic E-state index is 0.160. The van der Waals surface area contributed by atoms with Crippen LogP contribution in [-0.4, -0.2) is 63.9 Å². The molecule has 1 aliphatic carbocycles. The summed E-state index contributed by atoms with van der Waals surface area (Å²) in [5, 5.41) is 0. The third-order valence-corrected chi connectivity index (χ3v) is 8.38. The smallest absolute Gasteiger partial charge is 0.254 e. The fourth-order valence-electron chi connectivity index (χ4n) is 4.54. The Morgan fingerprint density at radius 1 is 0.875 bits per heavy atom. The Hall–Kier alpha value is -2.58. The lowest BCUT2D eigenvalue weighted by molar-refractivity contribution is 0.0697. The van der Waals surface area contributed by atoms with E-state index in [0.717, 1.165) is 36.8 Å². The second-order valence-electron chi connectivity index (χ2n) is 8.34. The molecule has 0 N–H and O–H groups in total. The third-order valence-electron chi connectivity index (χ3n) is 6.48. The van der Waals surface area contributed by atoms with Crippen molar-refractivity contribution in [3.05, 3.63) is 52.6 Å². The topological polar surface area (TPSA) is 76.2 Å². The molecule has 0 saturated carbocycles. The van der Waals surface area contributed by atoms with Crippen molar-refractivity contribution in [1.29, 1.82) is 0 Å². The quantitative estimate of drug-likeness (QED) is 0.688. The number of piperazine rings is 1. The van der Waals surface area contributed by atoms with E-state index in [1.54, 1.807) is 37.3 Å². The first-order chi connectivity index (χ1) is 15.3. The van der Waals surface area contributed by atoms with Crippen molar-refractivity contribution in [2.24, 2.45) is 0 Å². The molecule has 2 aliphatic rings. The van der Waals surface area contributed by atoms with E-state index in [0.29, 0.717) is 35.0 Å². The molecule has 1 heterocycles. The number of hydrogen-bond donors (Lipinski definition) is 0. The maximum Gasteiger partial charge on any atom is 0.254 e. The molecule has 8 heteroatoms. The molecule has 7 nitrogen and oxygen atoms in total. The lowest BCUT2D eigenvalue weighted by Crippen LogP contribution is -2.50. The van der Waals surface area contributed by atoms with Gasteiger partial charge in [0.05, 0.1) is 19.1 Å². The maximum atomic E-state index is 13.2. The maximum absolute atomic E-state index is 13.2. The Balaban J connectivity index is 1.48. The highest BCUT2D eigenvalue weighted by atomic mass is 32.2. The van der Waals surface area contributed by atoms with E-state index in [4.69, 9.17) is 9.47 Å². The van der Waals surface area contributed by atoms with Gasteiger partial charge in [-0.15, -0.1) is 0 Å². The van der Waals surface area contributed by atoms with Gasteiger partial charge < -0.3 is 14.4 Å². The van der Waals surface area contributed by atoms with Gasteiger partial charge in [-0.05, 0) is 68.0 Å². The fourth-order valence-corrected chi connectivity index (χ4v) is 6.02. The highest BCUT2D eigenvalue weighted by molar-refractivity contribution is 7.89. The number of fused-ring (bicyclic) bond motifs is 1. The number of hydrogen-bond acceptors (Lipinski definition) is 5. The number of amides is 1.